The van der Waals surface area contributed by atoms with Gasteiger partial charge in [-0.3, -0.25) is 9.48 Å². The van der Waals surface area contributed by atoms with Crippen LogP contribution in [0.3, 0.4) is 0 Å². The van der Waals surface area contributed by atoms with Crippen LogP contribution in [0.1, 0.15) is 11.1 Å². The zero-order valence-electron chi connectivity index (χ0n) is 10.6. The number of alkyl halides is 3. The Morgan fingerprint density at radius 2 is 2.05 bits per heavy atom. The maximum atomic E-state index is 11.5. The number of halogens is 3. The number of anilines is 1. The lowest BCUT2D eigenvalue weighted by Gasteiger charge is -2.09. The maximum Gasteiger partial charge on any atom is 0.276 e. The van der Waals surface area contributed by atoms with Crippen LogP contribution in [0.15, 0.2) is 36.7 Å². The van der Waals surface area contributed by atoms with E-state index in [0.717, 1.165) is 5.56 Å². The lowest BCUT2D eigenvalue weighted by Crippen LogP contribution is -2.26. The van der Waals surface area contributed by atoms with Crippen molar-refractivity contribution in [2.24, 2.45) is 0 Å². The fourth-order valence-electron chi connectivity index (χ4n) is 1.68. The van der Waals surface area contributed by atoms with Gasteiger partial charge in [-0.25, -0.2) is 0 Å². The number of carbonyl (C=O) groups is 1. The van der Waals surface area contributed by atoms with E-state index < -0.39 is 9.70 Å². The van der Waals surface area contributed by atoms with Gasteiger partial charge >= 0.3 is 0 Å². The molecule has 1 amide bonds. The van der Waals surface area contributed by atoms with Crippen molar-refractivity contribution in [2.45, 2.75) is 17.3 Å². The van der Waals surface area contributed by atoms with Crippen molar-refractivity contribution in [1.82, 2.24) is 9.78 Å². The van der Waals surface area contributed by atoms with Crippen LogP contribution in [-0.4, -0.2) is 19.5 Å². The summed E-state index contributed by atoms with van der Waals surface area (Å²) in [5.41, 5.74) is 2.81. The van der Waals surface area contributed by atoms with Gasteiger partial charge in [0.2, 0.25) is 0 Å². The molecule has 1 N–H and O–H groups in total. The quantitative estimate of drug-likeness (QED) is 0.874. The highest BCUT2D eigenvalue weighted by atomic mass is 35.6. The van der Waals surface area contributed by atoms with Crippen molar-refractivity contribution in [3.8, 4) is 0 Å². The maximum absolute atomic E-state index is 11.5. The Labute approximate surface area is 131 Å². The van der Waals surface area contributed by atoms with Crippen LogP contribution in [0.5, 0.6) is 0 Å². The monoisotopic (exact) mass is 331 g/mol. The molecule has 0 saturated carbocycles. The Morgan fingerprint density at radius 3 is 2.70 bits per heavy atom. The van der Waals surface area contributed by atoms with Gasteiger partial charge < -0.3 is 5.32 Å². The molecule has 0 aliphatic rings. The van der Waals surface area contributed by atoms with E-state index in [4.69, 9.17) is 34.8 Å². The van der Waals surface area contributed by atoms with Gasteiger partial charge in [0.1, 0.15) is 0 Å². The lowest BCUT2D eigenvalue weighted by molar-refractivity contribution is -0.115. The molecule has 0 saturated heterocycles. The standard InChI is InChI=1S/C13H12Cl3N3O/c1-9-4-2-3-5-10(9)7-19-8-11(6-17-19)18-12(20)13(14,15)16/h2-6,8H,7H2,1H3,(H,18,20). The number of rotatable bonds is 3. The second-order valence-electron chi connectivity index (χ2n) is 4.30. The molecule has 4 nitrogen and oxygen atoms in total. The predicted octanol–water partition coefficient (Wildman–Crippen LogP) is 3.55. The van der Waals surface area contributed by atoms with Gasteiger partial charge in [-0.1, -0.05) is 59.1 Å². The summed E-state index contributed by atoms with van der Waals surface area (Å²) in [5.74, 6) is -0.710. The first-order chi connectivity index (χ1) is 9.36. The van der Waals surface area contributed by atoms with Gasteiger partial charge in [0.25, 0.3) is 9.70 Å². The van der Waals surface area contributed by atoms with E-state index in [1.165, 1.54) is 11.8 Å². The molecule has 20 heavy (non-hydrogen) atoms. The van der Waals surface area contributed by atoms with Crippen LogP contribution in [0, 0.1) is 6.92 Å². The molecule has 0 aliphatic carbocycles. The average Bonchev–Trinajstić information content (AvgIpc) is 2.78. The fourth-order valence-corrected chi connectivity index (χ4v) is 1.82. The van der Waals surface area contributed by atoms with Crippen LogP contribution < -0.4 is 5.32 Å². The molecule has 106 valence electrons. The number of aromatic nitrogens is 2. The molecule has 7 heteroatoms. The second kappa shape index (κ2) is 6.04. The van der Waals surface area contributed by atoms with Gasteiger partial charge in [-0.2, -0.15) is 5.10 Å². The molecular weight excluding hydrogens is 321 g/mol. The summed E-state index contributed by atoms with van der Waals surface area (Å²) >= 11 is 16.4. The Balaban J connectivity index is 2.07. The Bertz CT molecular complexity index is 619. The number of hydrogen-bond donors (Lipinski definition) is 1. The Kier molecular flexibility index (Phi) is 4.58. The number of amides is 1. The highest BCUT2D eigenvalue weighted by molar-refractivity contribution is 6.76. The minimum atomic E-state index is -1.99. The van der Waals surface area contributed by atoms with E-state index >= 15 is 0 Å². The van der Waals surface area contributed by atoms with Gasteiger partial charge in [-0.15, -0.1) is 0 Å². The summed E-state index contributed by atoms with van der Waals surface area (Å²) in [5, 5.41) is 6.64. The van der Waals surface area contributed by atoms with Gasteiger partial charge in [0.05, 0.1) is 18.4 Å². The first-order valence-corrected chi connectivity index (χ1v) is 6.95. The minimum Gasteiger partial charge on any atom is -0.320 e. The molecule has 1 aromatic carbocycles. The zero-order chi connectivity index (χ0) is 14.8. The predicted molar refractivity (Wildman–Crippen MR) is 81.4 cm³/mol. The van der Waals surface area contributed by atoms with E-state index in [1.54, 1.807) is 10.9 Å². The highest BCUT2D eigenvalue weighted by Gasteiger charge is 2.30. The van der Waals surface area contributed by atoms with Gasteiger partial charge in [0.15, 0.2) is 0 Å². The van der Waals surface area contributed by atoms with Crippen molar-refractivity contribution >= 4 is 46.4 Å². The molecule has 0 bridgehead atoms. The summed E-state index contributed by atoms with van der Waals surface area (Å²) in [6.45, 7) is 2.64. The van der Waals surface area contributed by atoms with E-state index in [1.807, 2.05) is 31.2 Å². The van der Waals surface area contributed by atoms with E-state index in [0.29, 0.717) is 12.2 Å². The number of hydrogen-bond acceptors (Lipinski definition) is 2. The molecule has 0 atom stereocenters. The third kappa shape index (κ3) is 3.88. The van der Waals surface area contributed by atoms with Crippen molar-refractivity contribution in [3.05, 3.63) is 47.8 Å². The molecule has 2 rings (SSSR count). The first kappa shape index (κ1) is 15.2. The largest absolute Gasteiger partial charge is 0.320 e. The van der Waals surface area contributed by atoms with Gasteiger partial charge in [0, 0.05) is 6.20 Å². The molecule has 0 aliphatic heterocycles. The van der Waals surface area contributed by atoms with E-state index in [9.17, 15) is 4.79 Å². The minimum absolute atomic E-state index is 0.481. The summed E-state index contributed by atoms with van der Waals surface area (Å²) < 4.78 is -0.283. The molecule has 0 spiro atoms. The molecule has 0 unspecified atom stereocenters. The molecule has 2 aromatic rings. The topological polar surface area (TPSA) is 46.9 Å². The van der Waals surface area contributed by atoms with Crippen molar-refractivity contribution < 1.29 is 4.79 Å². The van der Waals surface area contributed by atoms with Crippen molar-refractivity contribution in [2.75, 3.05) is 5.32 Å². The van der Waals surface area contributed by atoms with Crippen LogP contribution >= 0.6 is 34.8 Å². The summed E-state index contributed by atoms with van der Waals surface area (Å²) in [6.07, 6.45) is 3.19. The van der Waals surface area contributed by atoms with Crippen LogP contribution in [-0.2, 0) is 11.3 Å². The molecule has 0 radical (unpaired) electrons. The van der Waals surface area contributed by atoms with Crippen LogP contribution in [0.2, 0.25) is 0 Å². The Hall–Kier alpha value is -1.23. The lowest BCUT2D eigenvalue weighted by atomic mass is 10.1. The fraction of sp³-hybridized carbons (Fsp3) is 0.231. The van der Waals surface area contributed by atoms with E-state index in [2.05, 4.69) is 10.4 Å². The summed E-state index contributed by atoms with van der Waals surface area (Å²) in [6, 6.07) is 8.01. The van der Waals surface area contributed by atoms with Gasteiger partial charge in [-0.05, 0) is 18.1 Å². The second-order valence-corrected chi connectivity index (χ2v) is 6.59. The molecule has 1 heterocycles. The summed E-state index contributed by atoms with van der Waals surface area (Å²) in [7, 11) is 0. The van der Waals surface area contributed by atoms with E-state index in [-0.39, 0.29) is 0 Å². The number of carbonyl (C=O) groups excluding carboxylic acids is 1. The number of aryl methyl sites for hydroxylation is 1. The number of benzene rings is 1. The zero-order valence-corrected chi connectivity index (χ0v) is 12.9. The Morgan fingerprint density at radius 1 is 1.35 bits per heavy atom. The van der Waals surface area contributed by atoms with Crippen LogP contribution in [0.25, 0.3) is 0 Å². The number of nitrogens with zero attached hydrogens (tertiary/aromatic N) is 2. The highest BCUT2D eigenvalue weighted by Crippen LogP contribution is 2.27. The third-order valence-electron chi connectivity index (χ3n) is 2.74. The molecule has 0 fully saturated rings. The number of nitrogens with one attached hydrogen (secondary N) is 1. The third-order valence-corrected chi connectivity index (χ3v) is 3.26. The SMILES string of the molecule is Cc1ccccc1Cn1cc(NC(=O)C(Cl)(Cl)Cl)cn1. The molecule has 1 aromatic heterocycles. The molecular formula is C13H12Cl3N3O. The normalized spacial score (nSPS) is 11.4. The van der Waals surface area contributed by atoms with Crippen molar-refractivity contribution in [1.29, 1.82) is 0 Å². The summed E-state index contributed by atoms with van der Waals surface area (Å²) in [4.78, 5) is 11.5. The average molecular weight is 333 g/mol. The smallest absolute Gasteiger partial charge is 0.276 e. The van der Waals surface area contributed by atoms with Crippen molar-refractivity contribution in [3.63, 3.8) is 0 Å². The first-order valence-electron chi connectivity index (χ1n) is 5.81. The van der Waals surface area contributed by atoms with Crippen LogP contribution in [0.4, 0.5) is 5.69 Å².